The predicted octanol–water partition coefficient (Wildman–Crippen LogP) is 0.284. The Morgan fingerprint density at radius 2 is 1.91 bits per heavy atom. The van der Waals surface area contributed by atoms with Gasteiger partial charge in [-0.15, -0.1) is 0 Å². The molecular weight excluding hydrogens is 446 g/mol. The Morgan fingerprint density at radius 3 is 2.56 bits per heavy atom. The van der Waals surface area contributed by atoms with Gasteiger partial charge in [0.1, 0.15) is 17.1 Å². The van der Waals surface area contributed by atoms with Gasteiger partial charge in [0.05, 0.1) is 18.1 Å². The van der Waals surface area contributed by atoms with E-state index in [1.54, 1.807) is 19.9 Å². The average molecular weight is 471 g/mol. The van der Waals surface area contributed by atoms with Crippen LogP contribution in [0.2, 0.25) is 0 Å². The van der Waals surface area contributed by atoms with Gasteiger partial charge in [-0.25, -0.2) is 4.79 Å². The first kappa shape index (κ1) is 23.6. The van der Waals surface area contributed by atoms with Crippen LogP contribution in [0.3, 0.4) is 0 Å². The van der Waals surface area contributed by atoms with Crippen molar-refractivity contribution in [1.82, 2.24) is 0 Å². The average Bonchev–Trinajstić information content (AvgIpc) is 2.77. The van der Waals surface area contributed by atoms with Gasteiger partial charge >= 0.3 is 5.97 Å². The van der Waals surface area contributed by atoms with E-state index >= 15 is 0 Å². The van der Waals surface area contributed by atoms with Crippen molar-refractivity contribution < 1.29 is 43.7 Å². The quantitative estimate of drug-likeness (QED) is 0.310. The first-order valence-electron chi connectivity index (χ1n) is 11.0. The first-order valence-corrected chi connectivity index (χ1v) is 11.0. The highest BCUT2D eigenvalue weighted by molar-refractivity contribution is 6.32. The number of benzene rings is 1. The molecule has 0 heterocycles. The van der Waals surface area contributed by atoms with Crippen molar-refractivity contribution in [1.29, 1.82) is 0 Å². The first-order chi connectivity index (χ1) is 16.0. The summed E-state index contributed by atoms with van der Waals surface area (Å²) in [5.41, 5.74) is 3.43. The van der Waals surface area contributed by atoms with Gasteiger partial charge in [-0.1, -0.05) is 6.07 Å². The summed E-state index contributed by atoms with van der Waals surface area (Å²) in [7, 11) is 0. The van der Waals surface area contributed by atoms with Gasteiger partial charge in [0, 0.05) is 12.3 Å². The van der Waals surface area contributed by atoms with Crippen molar-refractivity contribution in [3.8, 4) is 5.75 Å². The van der Waals surface area contributed by atoms with Crippen molar-refractivity contribution >= 4 is 29.2 Å². The topological polar surface area (TPSA) is 170 Å². The molecule has 10 heteroatoms. The smallest absolute Gasteiger partial charge is 0.344 e. The summed E-state index contributed by atoms with van der Waals surface area (Å²) < 4.78 is 10.2. The van der Waals surface area contributed by atoms with E-state index in [0.29, 0.717) is 12.0 Å². The van der Waals surface area contributed by atoms with E-state index in [1.165, 1.54) is 6.07 Å². The van der Waals surface area contributed by atoms with Gasteiger partial charge in [0.15, 0.2) is 23.8 Å². The fraction of sp³-hybridized carbons (Fsp3) is 0.458. The van der Waals surface area contributed by atoms with Crippen LogP contribution < -0.4 is 5.73 Å². The molecular formula is C24H25NO9. The number of phenols is 1. The normalized spacial score (nSPS) is 28.1. The monoisotopic (exact) mass is 471 g/mol. The summed E-state index contributed by atoms with van der Waals surface area (Å²) in [5.74, 6) is -8.18. The number of primary amides is 1. The van der Waals surface area contributed by atoms with Gasteiger partial charge < -0.3 is 25.4 Å². The second kappa shape index (κ2) is 8.35. The molecule has 10 nitrogen and oxygen atoms in total. The fourth-order valence-corrected chi connectivity index (χ4v) is 5.45. The van der Waals surface area contributed by atoms with Gasteiger partial charge in [0.2, 0.25) is 5.78 Å². The Bertz CT molecular complexity index is 1170. The van der Waals surface area contributed by atoms with Crippen LogP contribution in [0.5, 0.6) is 5.75 Å². The van der Waals surface area contributed by atoms with E-state index in [4.69, 9.17) is 15.2 Å². The number of ether oxygens (including phenoxy) is 2. The van der Waals surface area contributed by atoms with Gasteiger partial charge in [-0.05, 0) is 49.8 Å². The number of carbonyl (C=O) groups excluding carboxylic acids is 5. The molecule has 0 spiro atoms. The lowest BCUT2D eigenvalue weighted by Gasteiger charge is -2.48. The summed E-state index contributed by atoms with van der Waals surface area (Å²) in [6.45, 7) is 2.92. The van der Waals surface area contributed by atoms with E-state index in [9.17, 15) is 34.2 Å². The molecule has 34 heavy (non-hydrogen) atoms. The zero-order chi connectivity index (χ0) is 24.9. The number of fused-ring (bicyclic) bond motifs is 3. The zero-order valence-corrected chi connectivity index (χ0v) is 18.8. The molecule has 0 aromatic heterocycles. The number of hydrogen-bond donors (Lipinski definition) is 3. The summed E-state index contributed by atoms with van der Waals surface area (Å²) >= 11 is 0. The number of hydrogen-bond acceptors (Lipinski definition) is 9. The molecule has 1 fully saturated rings. The number of esters is 1. The van der Waals surface area contributed by atoms with Crippen molar-refractivity contribution in [2.75, 3.05) is 13.2 Å². The molecule has 1 aromatic carbocycles. The zero-order valence-electron chi connectivity index (χ0n) is 18.8. The highest BCUT2D eigenvalue weighted by atomic mass is 16.6. The number of ketones is 3. The number of carbonyl (C=O) groups is 5. The minimum Gasteiger partial charge on any atom is -0.507 e. The number of rotatable bonds is 5. The van der Waals surface area contributed by atoms with Crippen LogP contribution in [-0.2, 0) is 35.1 Å². The predicted molar refractivity (Wildman–Crippen MR) is 114 cm³/mol. The summed E-state index contributed by atoms with van der Waals surface area (Å²) in [6, 6.07) is 3.04. The lowest BCUT2D eigenvalue weighted by molar-refractivity contribution is -0.167. The molecule has 1 unspecified atom stereocenters. The largest absolute Gasteiger partial charge is 0.507 e. The summed E-state index contributed by atoms with van der Waals surface area (Å²) in [6.07, 6.45) is 0.204. The Morgan fingerprint density at radius 1 is 1.21 bits per heavy atom. The molecule has 4 rings (SSSR count). The molecule has 0 aliphatic heterocycles. The van der Waals surface area contributed by atoms with Crippen LogP contribution in [-0.4, -0.2) is 58.3 Å². The minimum atomic E-state index is -2.64. The van der Waals surface area contributed by atoms with Crippen molar-refractivity contribution in [2.24, 2.45) is 23.5 Å². The maximum absolute atomic E-state index is 13.5. The Hall–Kier alpha value is -3.53. The number of amides is 1. The standard InChI is InChI=1S/C24H25NO9/c1-3-33-16(27)9-34-15-8-12-6-11-7-13-10(2)4-5-14(26)18(13)20(28)17(11)21(29)24(12,32)22(30)19(15)23(25)31/h4-5,11-12,17,26,32H,3,6-9H2,1-2H3,(H2,25,31)/t11-,12+,17?,24+/m1/s1. The maximum Gasteiger partial charge on any atom is 0.344 e. The highest BCUT2D eigenvalue weighted by Gasteiger charge is 2.64. The van der Waals surface area contributed by atoms with Gasteiger partial charge in [0.25, 0.3) is 5.91 Å². The number of aromatic hydroxyl groups is 1. The molecule has 0 bridgehead atoms. The van der Waals surface area contributed by atoms with Crippen LogP contribution in [0.1, 0.15) is 41.3 Å². The number of aliphatic hydroxyl groups is 1. The summed E-state index contributed by atoms with van der Waals surface area (Å²) in [5, 5.41) is 21.6. The number of nitrogens with two attached hydrogens (primary N) is 1. The number of Topliss-reactive ketones (excluding diaryl/α,β-unsaturated/α-hetero) is 3. The second-order valence-corrected chi connectivity index (χ2v) is 8.91. The van der Waals surface area contributed by atoms with Crippen molar-refractivity contribution in [3.63, 3.8) is 0 Å². The third-order valence-electron chi connectivity index (χ3n) is 7.03. The molecule has 3 aliphatic rings. The third-order valence-corrected chi connectivity index (χ3v) is 7.03. The van der Waals surface area contributed by atoms with Crippen LogP contribution >= 0.6 is 0 Å². The SMILES string of the molecule is CCOC(=O)COC1=C(C(N)=O)C(=O)[C@@]2(O)C(=O)C3C(=O)c4c(O)ccc(C)c4C[C@H]3C[C@H]2C1. The number of aryl methyl sites for hydroxylation is 1. The maximum atomic E-state index is 13.5. The lowest BCUT2D eigenvalue weighted by Crippen LogP contribution is -2.65. The van der Waals surface area contributed by atoms with E-state index in [2.05, 4.69) is 0 Å². The summed E-state index contributed by atoms with van der Waals surface area (Å²) in [4.78, 5) is 63.9. The second-order valence-electron chi connectivity index (χ2n) is 8.91. The molecule has 1 aromatic rings. The highest BCUT2D eigenvalue weighted by Crippen LogP contribution is 2.50. The Labute approximate surface area is 194 Å². The molecule has 3 aliphatic carbocycles. The molecule has 1 amide bonds. The number of phenolic OH excluding ortho intramolecular Hbond substituents is 1. The molecule has 0 radical (unpaired) electrons. The molecule has 1 saturated carbocycles. The van der Waals surface area contributed by atoms with Crippen LogP contribution in [0.4, 0.5) is 0 Å². The van der Waals surface area contributed by atoms with Crippen LogP contribution in [0.15, 0.2) is 23.5 Å². The lowest BCUT2D eigenvalue weighted by atomic mass is 9.55. The number of allylic oxidation sites excluding steroid dienone is 1. The Kier molecular flexibility index (Phi) is 5.80. The van der Waals surface area contributed by atoms with Crippen LogP contribution in [0.25, 0.3) is 0 Å². The van der Waals surface area contributed by atoms with E-state index in [0.717, 1.165) is 5.56 Å². The molecule has 4 atom stereocenters. The third kappa shape index (κ3) is 3.40. The van der Waals surface area contributed by atoms with Crippen molar-refractivity contribution in [3.05, 3.63) is 40.2 Å². The van der Waals surface area contributed by atoms with Crippen LogP contribution in [0, 0.1) is 24.7 Å². The molecule has 0 saturated heterocycles. The minimum absolute atomic E-state index is 0.0176. The molecule has 180 valence electrons. The fourth-order valence-electron chi connectivity index (χ4n) is 5.45. The Balaban J connectivity index is 1.74. The van der Waals surface area contributed by atoms with E-state index < -0.39 is 64.8 Å². The van der Waals surface area contributed by atoms with E-state index in [1.807, 2.05) is 0 Å². The van der Waals surface area contributed by atoms with Gasteiger partial charge in [-0.2, -0.15) is 0 Å². The van der Waals surface area contributed by atoms with Gasteiger partial charge in [-0.3, -0.25) is 19.2 Å². The van der Waals surface area contributed by atoms with E-state index in [-0.39, 0.29) is 36.5 Å². The molecule has 4 N–H and O–H groups in total. The van der Waals surface area contributed by atoms with Crippen molar-refractivity contribution in [2.45, 2.75) is 38.7 Å².